The Hall–Kier alpha value is -2.51. The van der Waals surface area contributed by atoms with Crippen molar-refractivity contribution in [2.45, 2.75) is 45.5 Å². The summed E-state index contributed by atoms with van der Waals surface area (Å²) in [5.74, 6) is 0.0204. The standard InChI is InChI=1S/C22H28N4O3/c1-17(27)25-10-8-20-21(15-25)23-16-26(22(20)28)14-19-13-24(9-5-11-29-19)12-18-6-3-2-4-7-18/h2-4,6-7,16,19H,5,8-15H2,1H3. The molecule has 0 aliphatic carbocycles. The third-order valence-corrected chi connectivity index (χ3v) is 5.72. The van der Waals surface area contributed by atoms with Crippen LogP contribution >= 0.6 is 0 Å². The van der Waals surface area contributed by atoms with Crippen molar-refractivity contribution >= 4 is 5.91 Å². The molecule has 1 fully saturated rings. The van der Waals surface area contributed by atoms with E-state index < -0.39 is 0 Å². The van der Waals surface area contributed by atoms with Crippen LogP contribution in [0.25, 0.3) is 0 Å². The number of hydrogen-bond acceptors (Lipinski definition) is 5. The van der Waals surface area contributed by atoms with Gasteiger partial charge in [-0.3, -0.25) is 19.1 Å². The van der Waals surface area contributed by atoms with Gasteiger partial charge in [-0.05, 0) is 18.4 Å². The summed E-state index contributed by atoms with van der Waals surface area (Å²) in [5, 5.41) is 0. The minimum Gasteiger partial charge on any atom is -0.375 e. The number of benzene rings is 1. The maximum atomic E-state index is 13.0. The molecule has 0 N–H and O–H groups in total. The highest BCUT2D eigenvalue weighted by Crippen LogP contribution is 2.15. The van der Waals surface area contributed by atoms with Crippen LogP contribution in [0.15, 0.2) is 41.5 Å². The topological polar surface area (TPSA) is 67.7 Å². The Bertz CT molecular complexity index is 912. The van der Waals surface area contributed by atoms with Crippen LogP contribution in [0.3, 0.4) is 0 Å². The van der Waals surface area contributed by atoms with Gasteiger partial charge in [-0.15, -0.1) is 0 Å². The molecular formula is C22H28N4O3. The molecule has 1 atom stereocenters. The van der Waals surface area contributed by atoms with E-state index in [-0.39, 0.29) is 17.6 Å². The fourth-order valence-corrected chi connectivity index (χ4v) is 4.14. The number of aromatic nitrogens is 2. The van der Waals surface area contributed by atoms with Crippen LogP contribution in [0, 0.1) is 0 Å². The zero-order chi connectivity index (χ0) is 20.2. The minimum atomic E-state index is -0.0453. The molecule has 0 spiro atoms. The molecule has 29 heavy (non-hydrogen) atoms. The van der Waals surface area contributed by atoms with E-state index in [2.05, 4.69) is 34.1 Å². The Kier molecular flexibility index (Phi) is 6.06. The fraction of sp³-hybridized carbons (Fsp3) is 0.500. The molecule has 7 nitrogen and oxygen atoms in total. The van der Waals surface area contributed by atoms with Crippen molar-refractivity contribution in [2.75, 3.05) is 26.2 Å². The largest absolute Gasteiger partial charge is 0.375 e. The highest BCUT2D eigenvalue weighted by molar-refractivity contribution is 5.73. The molecule has 2 aliphatic heterocycles. The number of rotatable bonds is 4. The summed E-state index contributed by atoms with van der Waals surface area (Å²) in [7, 11) is 0. The SMILES string of the molecule is CC(=O)N1CCc2c(ncn(CC3CN(Cc4ccccc4)CCCO3)c2=O)C1. The molecule has 0 radical (unpaired) electrons. The maximum Gasteiger partial charge on any atom is 0.256 e. The first-order valence-corrected chi connectivity index (χ1v) is 10.3. The molecule has 2 aliphatic rings. The summed E-state index contributed by atoms with van der Waals surface area (Å²) < 4.78 is 7.72. The smallest absolute Gasteiger partial charge is 0.256 e. The van der Waals surface area contributed by atoms with Gasteiger partial charge in [0.25, 0.3) is 5.56 Å². The molecule has 1 amide bonds. The molecule has 1 aromatic carbocycles. The predicted molar refractivity (Wildman–Crippen MR) is 109 cm³/mol. The fourth-order valence-electron chi connectivity index (χ4n) is 4.14. The van der Waals surface area contributed by atoms with Crippen LogP contribution in [-0.2, 0) is 35.6 Å². The average Bonchev–Trinajstić information content (AvgIpc) is 2.95. The van der Waals surface area contributed by atoms with Crippen LogP contribution < -0.4 is 5.56 Å². The molecular weight excluding hydrogens is 368 g/mol. The van der Waals surface area contributed by atoms with Crippen molar-refractivity contribution < 1.29 is 9.53 Å². The number of carbonyl (C=O) groups excluding carboxylic acids is 1. The van der Waals surface area contributed by atoms with Gasteiger partial charge in [0.05, 0.1) is 31.2 Å². The lowest BCUT2D eigenvalue weighted by molar-refractivity contribution is -0.129. The van der Waals surface area contributed by atoms with Gasteiger partial charge < -0.3 is 9.64 Å². The van der Waals surface area contributed by atoms with Gasteiger partial charge in [-0.25, -0.2) is 4.98 Å². The van der Waals surface area contributed by atoms with Crippen molar-refractivity contribution in [1.29, 1.82) is 0 Å². The Morgan fingerprint density at radius 2 is 2.07 bits per heavy atom. The van der Waals surface area contributed by atoms with E-state index in [4.69, 9.17) is 4.74 Å². The van der Waals surface area contributed by atoms with Gasteiger partial charge in [-0.2, -0.15) is 0 Å². The van der Waals surface area contributed by atoms with Gasteiger partial charge in [0.2, 0.25) is 5.91 Å². The molecule has 0 bridgehead atoms. The average molecular weight is 396 g/mol. The summed E-state index contributed by atoms with van der Waals surface area (Å²) in [6.07, 6.45) is 3.12. The van der Waals surface area contributed by atoms with Crippen molar-refractivity contribution in [1.82, 2.24) is 19.4 Å². The summed E-state index contributed by atoms with van der Waals surface area (Å²) in [4.78, 5) is 33.2. The number of amides is 1. The van der Waals surface area contributed by atoms with E-state index in [0.29, 0.717) is 32.7 Å². The van der Waals surface area contributed by atoms with Gasteiger partial charge in [0.15, 0.2) is 0 Å². The Morgan fingerprint density at radius 3 is 2.86 bits per heavy atom. The van der Waals surface area contributed by atoms with Crippen LogP contribution in [0.1, 0.15) is 30.2 Å². The van der Waals surface area contributed by atoms with Crippen LogP contribution in [0.4, 0.5) is 0 Å². The second-order valence-electron chi connectivity index (χ2n) is 7.88. The molecule has 1 saturated heterocycles. The first-order valence-electron chi connectivity index (χ1n) is 10.3. The third-order valence-electron chi connectivity index (χ3n) is 5.72. The van der Waals surface area contributed by atoms with E-state index in [9.17, 15) is 9.59 Å². The number of fused-ring (bicyclic) bond motifs is 1. The number of hydrogen-bond donors (Lipinski definition) is 0. The molecule has 1 aromatic heterocycles. The molecule has 0 saturated carbocycles. The third kappa shape index (κ3) is 4.74. The summed E-state index contributed by atoms with van der Waals surface area (Å²) in [6, 6.07) is 10.4. The highest BCUT2D eigenvalue weighted by Gasteiger charge is 2.24. The monoisotopic (exact) mass is 396 g/mol. The summed E-state index contributed by atoms with van der Waals surface area (Å²) >= 11 is 0. The van der Waals surface area contributed by atoms with Crippen LogP contribution in [0.2, 0.25) is 0 Å². The summed E-state index contributed by atoms with van der Waals surface area (Å²) in [6.45, 7) is 6.42. The molecule has 1 unspecified atom stereocenters. The Morgan fingerprint density at radius 1 is 1.24 bits per heavy atom. The van der Waals surface area contributed by atoms with E-state index in [1.807, 2.05) is 6.07 Å². The minimum absolute atomic E-state index is 0.000610. The predicted octanol–water partition coefficient (Wildman–Crippen LogP) is 1.44. The highest BCUT2D eigenvalue weighted by atomic mass is 16.5. The van der Waals surface area contributed by atoms with Gasteiger partial charge >= 0.3 is 0 Å². The van der Waals surface area contributed by atoms with E-state index in [1.165, 1.54) is 5.56 Å². The molecule has 4 rings (SSSR count). The number of carbonyl (C=O) groups is 1. The number of nitrogens with zero attached hydrogens (tertiary/aromatic N) is 4. The Balaban J connectivity index is 1.45. The lowest BCUT2D eigenvalue weighted by atomic mass is 10.1. The van der Waals surface area contributed by atoms with Crippen molar-refractivity contribution in [3.05, 3.63) is 63.8 Å². The van der Waals surface area contributed by atoms with Gasteiger partial charge in [-0.1, -0.05) is 30.3 Å². The lowest BCUT2D eigenvalue weighted by Gasteiger charge is -2.28. The first-order chi connectivity index (χ1) is 14.1. The second kappa shape index (κ2) is 8.88. The zero-order valence-corrected chi connectivity index (χ0v) is 16.9. The Labute approximate surface area is 170 Å². The van der Waals surface area contributed by atoms with Crippen molar-refractivity contribution in [3.8, 4) is 0 Å². The van der Waals surface area contributed by atoms with E-state index >= 15 is 0 Å². The van der Waals surface area contributed by atoms with Crippen molar-refractivity contribution in [3.63, 3.8) is 0 Å². The van der Waals surface area contributed by atoms with Crippen molar-refractivity contribution in [2.24, 2.45) is 0 Å². The van der Waals surface area contributed by atoms with Crippen LogP contribution in [0.5, 0.6) is 0 Å². The van der Waals surface area contributed by atoms with Crippen LogP contribution in [-0.4, -0.2) is 57.6 Å². The van der Waals surface area contributed by atoms with E-state index in [1.54, 1.807) is 22.7 Å². The first kappa shape index (κ1) is 19.8. The number of ether oxygens (including phenoxy) is 1. The van der Waals surface area contributed by atoms with Gasteiger partial charge in [0, 0.05) is 45.3 Å². The van der Waals surface area contributed by atoms with Gasteiger partial charge in [0.1, 0.15) is 0 Å². The molecule has 7 heteroatoms. The lowest BCUT2D eigenvalue weighted by Crippen LogP contribution is -2.41. The summed E-state index contributed by atoms with van der Waals surface area (Å²) in [5.41, 5.74) is 2.75. The van der Waals surface area contributed by atoms with E-state index in [0.717, 1.165) is 37.3 Å². The zero-order valence-electron chi connectivity index (χ0n) is 16.9. The quantitative estimate of drug-likeness (QED) is 0.782. The second-order valence-corrected chi connectivity index (χ2v) is 7.88. The maximum absolute atomic E-state index is 13.0. The molecule has 3 heterocycles. The molecule has 154 valence electrons. The molecule has 2 aromatic rings. The normalized spacial score (nSPS) is 20.2.